The average Bonchev–Trinajstić information content (AvgIpc) is 3.46. The molecule has 2 aliphatic rings. The van der Waals surface area contributed by atoms with Crippen molar-refractivity contribution >= 4 is 11.6 Å². The zero-order valence-electron chi connectivity index (χ0n) is 15.7. The number of fused-ring (bicyclic) bond motifs is 1. The van der Waals surface area contributed by atoms with Crippen LogP contribution in [0.3, 0.4) is 0 Å². The van der Waals surface area contributed by atoms with Crippen molar-refractivity contribution in [3.8, 4) is 17.2 Å². The molecule has 0 saturated carbocycles. The summed E-state index contributed by atoms with van der Waals surface area (Å²) < 4.78 is 10.6. The van der Waals surface area contributed by atoms with E-state index in [0.717, 1.165) is 29.8 Å². The first kappa shape index (κ1) is 17.0. The summed E-state index contributed by atoms with van der Waals surface area (Å²) in [4.78, 5) is 19.0. The van der Waals surface area contributed by atoms with E-state index in [2.05, 4.69) is 28.3 Å². The molecule has 0 spiro atoms. The molecular formula is C22H21N3O3. The van der Waals surface area contributed by atoms with Crippen LogP contribution in [0.4, 0.5) is 5.69 Å². The van der Waals surface area contributed by atoms with E-state index in [1.807, 2.05) is 29.2 Å². The molecule has 1 saturated heterocycles. The maximum atomic E-state index is 12.6. The minimum atomic E-state index is -0.0588. The van der Waals surface area contributed by atoms with E-state index in [0.29, 0.717) is 24.7 Å². The van der Waals surface area contributed by atoms with Gasteiger partial charge in [0.1, 0.15) is 5.75 Å². The van der Waals surface area contributed by atoms with Crippen LogP contribution in [0.15, 0.2) is 47.0 Å². The predicted molar refractivity (Wildman–Crippen MR) is 104 cm³/mol. The molecule has 1 aliphatic carbocycles. The van der Waals surface area contributed by atoms with Crippen LogP contribution in [0.5, 0.6) is 5.75 Å². The molecule has 1 atom stereocenters. The van der Waals surface area contributed by atoms with Gasteiger partial charge in [0.2, 0.25) is 5.91 Å². The molecule has 0 N–H and O–H groups in total. The molecular weight excluding hydrogens is 354 g/mol. The first-order valence-corrected chi connectivity index (χ1v) is 9.61. The zero-order valence-corrected chi connectivity index (χ0v) is 15.7. The molecule has 6 nitrogen and oxygen atoms in total. The summed E-state index contributed by atoms with van der Waals surface area (Å²) in [6, 6.07) is 13.9. The molecule has 3 aromatic rings. The van der Waals surface area contributed by atoms with Crippen molar-refractivity contribution in [3.63, 3.8) is 0 Å². The summed E-state index contributed by atoms with van der Waals surface area (Å²) in [6.45, 7) is 0.583. The maximum Gasteiger partial charge on any atom is 0.257 e. The van der Waals surface area contributed by atoms with Crippen LogP contribution < -0.4 is 9.64 Å². The van der Waals surface area contributed by atoms with Crippen LogP contribution in [-0.2, 0) is 17.6 Å². The fourth-order valence-electron chi connectivity index (χ4n) is 4.11. The van der Waals surface area contributed by atoms with Crippen molar-refractivity contribution in [2.24, 2.45) is 0 Å². The van der Waals surface area contributed by atoms with Crippen LogP contribution in [0, 0.1) is 0 Å². The summed E-state index contributed by atoms with van der Waals surface area (Å²) in [5, 5.41) is 4.14. The van der Waals surface area contributed by atoms with E-state index in [9.17, 15) is 4.79 Å². The number of rotatable bonds is 4. The number of ether oxygens (including phenoxy) is 1. The number of hydrogen-bond acceptors (Lipinski definition) is 5. The molecule has 6 heteroatoms. The Morgan fingerprint density at radius 1 is 1.11 bits per heavy atom. The van der Waals surface area contributed by atoms with Gasteiger partial charge in [-0.05, 0) is 66.8 Å². The van der Waals surface area contributed by atoms with Gasteiger partial charge in [0.05, 0.1) is 7.11 Å². The summed E-state index contributed by atoms with van der Waals surface area (Å²) in [5.74, 6) is 1.87. The van der Waals surface area contributed by atoms with Gasteiger partial charge in [0.25, 0.3) is 5.89 Å². The van der Waals surface area contributed by atoms with Crippen molar-refractivity contribution in [2.75, 3.05) is 18.6 Å². The third-order valence-electron chi connectivity index (χ3n) is 5.66. The first-order chi connectivity index (χ1) is 13.7. The lowest BCUT2D eigenvalue weighted by Gasteiger charge is -2.17. The van der Waals surface area contributed by atoms with Crippen LogP contribution in [-0.4, -0.2) is 29.7 Å². The lowest BCUT2D eigenvalue weighted by atomic mass is 10.1. The number of benzene rings is 2. The minimum absolute atomic E-state index is 0.0588. The van der Waals surface area contributed by atoms with Gasteiger partial charge in [-0.2, -0.15) is 4.98 Å². The number of hydrogen-bond donors (Lipinski definition) is 0. The predicted octanol–water partition coefficient (Wildman–Crippen LogP) is 3.75. The molecule has 0 bridgehead atoms. The van der Waals surface area contributed by atoms with Crippen molar-refractivity contribution in [3.05, 3.63) is 59.4 Å². The SMILES string of the molecule is COc1ccc(-c2nc(C3CC(=O)N(c4ccc5c(c4)CCC5)C3)no2)cc1. The number of amides is 1. The van der Waals surface area contributed by atoms with Gasteiger partial charge in [-0.3, -0.25) is 4.79 Å². The van der Waals surface area contributed by atoms with Gasteiger partial charge in [-0.15, -0.1) is 0 Å². The first-order valence-electron chi connectivity index (χ1n) is 9.61. The van der Waals surface area contributed by atoms with E-state index in [1.54, 1.807) is 7.11 Å². The van der Waals surface area contributed by atoms with Gasteiger partial charge in [-0.25, -0.2) is 0 Å². The lowest BCUT2D eigenvalue weighted by molar-refractivity contribution is -0.117. The summed E-state index contributed by atoms with van der Waals surface area (Å²) in [7, 11) is 1.63. The Hall–Kier alpha value is -3.15. The highest BCUT2D eigenvalue weighted by atomic mass is 16.5. The number of nitrogens with zero attached hydrogens (tertiary/aromatic N) is 3. The number of carbonyl (C=O) groups is 1. The number of carbonyl (C=O) groups excluding carboxylic acids is 1. The van der Waals surface area contributed by atoms with Crippen LogP contribution in [0.2, 0.25) is 0 Å². The molecule has 1 amide bonds. The summed E-state index contributed by atoms with van der Waals surface area (Å²) >= 11 is 0. The second-order valence-corrected chi connectivity index (χ2v) is 7.40. The molecule has 2 heterocycles. The molecule has 5 rings (SSSR count). The number of anilines is 1. The average molecular weight is 375 g/mol. The Balaban J connectivity index is 1.35. The molecule has 1 unspecified atom stereocenters. The molecule has 1 fully saturated rings. The second-order valence-electron chi connectivity index (χ2n) is 7.40. The normalized spacial score (nSPS) is 18.5. The largest absolute Gasteiger partial charge is 0.497 e. The van der Waals surface area contributed by atoms with E-state index in [4.69, 9.17) is 9.26 Å². The molecule has 2 aromatic carbocycles. The van der Waals surface area contributed by atoms with Gasteiger partial charge < -0.3 is 14.2 Å². The van der Waals surface area contributed by atoms with E-state index in [-0.39, 0.29) is 11.8 Å². The molecule has 1 aliphatic heterocycles. The van der Waals surface area contributed by atoms with Crippen LogP contribution in [0.25, 0.3) is 11.5 Å². The van der Waals surface area contributed by atoms with E-state index < -0.39 is 0 Å². The third kappa shape index (κ3) is 2.95. The standard InChI is InChI=1S/C22H21N3O3/c1-27-19-9-6-15(7-10-19)22-23-21(24-28-22)17-12-20(26)25(13-17)18-8-5-14-3-2-4-16(14)11-18/h5-11,17H,2-4,12-13H2,1H3. The Bertz CT molecular complexity index is 1030. The molecule has 1 aromatic heterocycles. The fourth-order valence-corrected chi connectivity index (χ4v) is 4.11. The van der Waals surface area contributed by atoms with Gasteiger partial charge in [0.15, 0.2) is 5.82 Å². The summed E-state index contributed by atoms with van der Waals surface area (Å²) in [5.41, 5.74) is 4.59. The quantitative estimate of drug-likeness (QED) is 0.695. The van der Waals surface area contributed by atoms with Crippen LogP contribution >= 0.6 is 0 Å². The number of aromatic nitrogens is 2. The van der Waals surface area contributed by atoms with Crippen LogP contribution in [0.1, 0.15) is 35.7 Å². The second kappa shape index (κ2) is 6.78. The minimum Gasteiger partial charge on any atom is -0.497 e. The van der Waals surface area contributed by atoms with Crippen molar-refractivity contribution < 1.29 is 14.1 Å². The smallest absolute Gasteiger partial charge is 0.257 e. The zero-order chi connectivity index (χ0) is 19.1. The molecule has 28 heavy (non-hydrogen) atoms. The fraction of sp³-hybridized carbons (Fsp3) is 0.318. The summed E-state index contributed by atoms with van der Waals surface area (Å²) in [6.07, 6.45) is 3.85. The van der Waals surface area contributed by atoms with Gasteiger partial charge in [-0.1, -0.05) is 11.2 Å². The Kier molecular flexibility index (Phi) is 4.11. The van der Waals surface area contributed by atoms with Gasteiger partial charge in [0, 0.05) is 30.1 Å². The lowest BCUT2D eigenvalue weighted by Crippen LogP contribution is -2.24. The Morgan fingerprint density at radius 2 is 1.93 bits per heavy atom. The van der Waals surface area contributed by atoms with Gasteiger partial charge >= 0.3 is 0 Å². The topological polar surface area (TPSA) is 68.5 Å². The number of aryl methyl sites for hydroxylation is 2. The highest BCUT2D eigenvalue weighted by Gasteiger charge is 2.35. The van der Waals surface area contributed by atoms with Crippen molar-refractivity contribution in [1.29, 1.82) is 0 Å². The number of methoxy groups -OCH3 is 1. The Labute approximate surface area is 163 Å². The van der Waals surface area contributed by atoms with Crippen molar-refractivity contribution in [2.45, 2.75) is 31.6 Å². The molecule has 142 valence electrons. The highest BCUT2D eigenvalue weighted by Crippen LogP contribution is 2.34. The molecule has 0 radical (unpaired) electrons. The maximum absolute atomic E-state index is 12.6. The highest BCUT2D eigenvalue weighted by molar-refractivity contribution is 5.96. The van der Waals surface area contributed by atoms with Crippen molar-refractivity contribution in [1.82, 2.24) is 10.1 Å². The van der Waals surface area contributed by atoms with E-state index in [1.165, 1.54) is 17.5 Å². The third-order valence-corrected chi connectivity index (χ3v) is 5.66. The Morgan fingerprint density at radius 3 is 2.75 bits per heavy atom. The van der Waals surface area contributed by atoms with E-state index >= 15 is 0 Å². The monoisotopic (exact) mass is 375 g/mol.